The van der Waals surface area contributed by atoms with Crippen molar-refractivity contribution >= 4 is 27.5 Å². The number of alkyl halides is 3. The predicted octanol–water partition coefficient (Wildman–Crippen LogP) is 3.75. The molecule has 0 aliphatic carbocycles. The molecule has 1 aliphatic heterocycles. The van der Waals surface area contributed by atoms with Gasteiger partial charge < -0.3 is 10.1 Å². The summed E-state index contributed by atoms with van der Waals surface area (Å²) in [5, 5.41) is 2.51. The van der Waals surface area contributed by atoms with Crippen LogP contribution in [0.25, 0.3) is 0 Å². The van der Waals surface area contributed by atoms with Crippen LogP contribution in [0.3, 0.4) is 0 Å². The average molecular weight is 477 g/mol. The van der Waals surface area contributed by atoms with Crippen LogP contribution in [0.1, 0.15) is 34.3 Å². The predicted molar refractivity (Wildman–Crippen MR) is 108 cm³/mol. The zero-order valence-electron chi connectivity index (χ0n) is 16.2. The molecule has 0 saturated carbocycles. The second-order valence-electron chi connectivity index (χ2n) is 7.01. The van der Waals surface area contributed by atoms with Gasteiger partial charge in [0.15, 0.2) is 0 Å². The summed E-state index contributed by atoms with van der Waals surface area (Å²) < 4.78 is 70.9. The van der Waals surface area contributed by atoms with E-state index in [0.717, 1.165) is 31.0 Å². The molecule has 0 aromatic heterocycles. The summed E-state index contributed by atoms with van der Waals surface area (Å²) in [6, 6.07) is 8.19. The van der Waals surface area contributed by atoms with E-state index in [9.17, 15) is 26.4 Å². The number of carbonyl (C=O) groups excluding carboxylic acids is 1. The van der Waals surface area contributed by atoms with E-state index >= 15 is 0 Å². The second-order valence-corrected chi connectivity index (χ2v) is 9.15. The van der Waals surface area contributed by atoms with Gasteiger partial charge in [0.2, 0.25) is 10.0 Å². The number of ether oxygens (including phenoxy) is 1. The van der Waals surface area contributed by atoms with Gasteiger partial charge in [0.05, 0.1) is 16.7 Å². The van der Waals surface area contributed by atoms with Crippen LogP contribution in [-0.2, 0) is 27.5 Å². The average Bonchev–Trinajstić information content (AvgIpc) is 3.24. The Bertz CT molecular complexity index is 1040. The van der Waals surface area contributed by atoms with E-state index in [-0.39, 0.29) is 34.7 Å². The highest BCUT2D eigenvalue weighted by molar-refractivity contribution is 7.89. The molecule has 1 saturated heterocycles. The summed E-state index contributed by atoms with van der Waals surface area (Å²) in [6.45, 7) is 0.656. The van der Waals surface area contributed by atoms with Crippen molar-refractivity contribution in [2.75, 3.05) is 13.2 Å². The van der Waals surface area contributed by atoms with Crippen molar-refractivity contribution in [1.29, 1.82) is 0 Å². The lowest BCUT2D eigenvalue weighted by Crippen LogP contribution is -2.32. The molecule has 11 heteroatoms. The highest BCUT2D eigenvalue weighted by Crippen LogP contribution is 2.29. The van der Waals surface area contributed by atoms with Crippen molar-refractivity contribution < 1.29 is 31.1 Å². The minimum absolute atomic E-state index is 0.0288. The van der Waals surface area contributed by atoms with Gasteiger partial charge in [-0.25, -0.2) is 13.1 Å². The Hall–Kier alpha value is -2.14. The van der Waals surface area contributed by atoms with Crippen LogP contribution in [0.15, 0.2) is 47.4 Å². The normalized spacial score (nSPS) is 17.0. The Morgan fingerprint density at radius 3 is 2.48 bits per heavy atom. The number of rotatable bonds is 7. The van der Waals surface area contributed by atoms with Crippen LogP contribution in [0.4, 0.5) is 13.2 Å². The van der Waals surface area contributed by atoms with E-state index in [1.807, 2.05) is 0 Å². The molecule has 1 heterocycles. The molecule has 1 fully saturated rings. The minimum Gasteiger partial charge on any atom is -0.377 e. The fourth-order valence-corrected chi connectivity index (χ4v) is 4.62. The molecule has 2 N–H and O–H groups in total. The van der Waals surface area contributed by atoms with E-state index in [1.54, 1.807) is 0 Å². The summed E-state index contributed by atoms with van der Waals surface area (Å²) in [4.78, 5) is 12.2. The van der Waals surface area contributed by atoms with Crippen molar-refractivity contribution in [2.24, 2.45) is 0 Å². The number of sulfonamides is 1. The third-order valence-corrected chi connectivity index (χ3v) is 6.65. The first kappa shape index (κ1) is 23.5. The van der Waals surface area contributed by atoms with Crippen LogP contribution in [-0.4, -0.2) is 33.6 Å². The van der Waals surface area contributed by atoms with E-state index in [2.05, 4.69) is 10.0 Å². The Morgan fingerprint density at radius 1 is 1.16 bits per heavy atom. The topological polar surface area (TPSA) is 84.5 Å². The van der Waals surface area contributed by atoms with Gasteiger partial charge >= 0.3 is 6.18 Å². The Kier molecular flexibility index (Phi) is 7.25. The highest BCUT2D eigenvalue weighted by atomic mass is 35.5. The molecule has 0 bridgehead atoms. The maximum atomic E-state index is 12.6. The molecule has 31 heavy (non-hydrogen) atoms. The number of hydrogen-bond acceptors (Lipinski definition) is 4. The number of hydrogen-bond donors (Lipinski definition) is 2. The lowest BCUT2D eigenvalue weighted by atomic mass is 10.1. The number of amides is 1. The van der Waals surface area contributed by atoms with Gasteiger partial charge in [-0.05, 0) is 48.7 Å². The Labute approximate surface area is 182 Å². The lowest BCUT2D eigenvalue weighted by Gasteiger charge is -2.13. The van der Waals surface area contributed by atoms with Crippen LogP contribution in [0.2, 0.25) is 5.02 Å². The van der Waals surface area contributed by atoms with Crippen LogP contribution in [0, 0.1) is 0 Å². The van der Waals surface area contributed by atoms with Gasteiger partial charge in [-0.3, -0.25) is 4.79 Å². The van der Waals surface area contributed by atoms with Crippen molar-refractivity contribution in [3.8, 4) is 0 Å². The first-order chi connectivity index (χ1) is 14.6. The molecule has 6 nitrogen and oxygen atoms in total. The van der Waals surface area contributed by atoms with Crippen molar-refractivity contribution in [3.05, 3.63) is 64.2 Å². The van der Waals surface area contributed by atoms with Crippen LogP contribution in [0.5, 0.6) is 0 Å². The van der Waals surface area contributed by atoms with Gasteiger partial charge in [-0.1, -0.05) is 23.7 Å². The molecule has 2 aromatic carbocycles. The second kappa shape index (κ2) is 9.56. The van der Waals surface area contributed by atoms with E-state index in [1.165, 1.54) is 24.3 Å². The maximum Gasteiger partial charge on any atom is 0.416 e. The van der Waals surface area contributed by atoms with Gasteiger partial charge in [0.1, 0.15) is 4.90 Å². The van der Waals surface area contributed by atoms with E-state index in [4.69, 9.17) is 16.3 Å². The van der Waals surface area contributed by atoms with Gasteiger partial charge in [-0.2, -0.15) is 13.2 Å². The fraction of sp³-hybridized carbons (Fsp3) is 0.350. The maximum absolute atomic E-state index is 12.6. The summed E-state index contributed by atoms with van der Waals surface area (Å²) in [5.74, 6) is -0.591. The fourth-order valence-electron chi connectivity index (χ4n) is 3.03. The molecule has 168 valence electrons. The van der Waals surface area contributed by atoms with Crippen molar-refractivity contribution in [1.82, 2.24) is 10.0 Å². The third kappa shape index (κ3) is 6.19. The summed E-state index contributed by atoms with van der Waals surface area (Å²) >= 11 is 6.03. The number of benzene rings is 2. The highest BCUT2D eigenvalue weighted by Gasteiger charge is 2.30. The van der Waals surface area contributed by atoms with Crippen molar-refractivity contribution in [2.45, 2.75) is 36.6 Å². The van der Waals surface area contributed by atoms with Gasteiger partial charge in [0, 0.05) is 25.3 Å². The molecular weight excluding hydrogens is 457 g/mol. The van der Waals surface area contributed by atoms with E-state index in [0.29, 0.717) is 12.2 Å². The molecule has 3 rings (SSSR count). The van der Waals surface area contributed by atoms with Gasteiger partial charge in [0.25, 0.3) is 5.91 Å². The van der Waals surface area contributed by atoms with Crippen LogP contribution < -0.4 is 10.0 Å². The first-order valence-corrected chi connectivity index (χ1v) is 11.3. The molecule has 0 radical (unpaired) electrons. The SMILES string of the molecule is O=C(NCc1ccc(C(F)(F)F)cc1)c1ccc(Cl)c(S(=O)(=O)NCC2CCCO2)c1. The number of carbonyl (C=O) groups is 1. The molecular formula is C20H20ClF3N2O4S. The lowest BCUT2D eigenvalue weighted by molar-refractivity contribution is -0.137. The van der Waals surface area contributed by atoms with Crippen LogP contribution >= 0.6 is 11.6 Å². The standard InChI is InChI=1S/C20H20ClF3N2O4S/c21-17-8-5-14(10-18(17)31(28,29)26-12-16-2-1-9-30-16)19(27)25-11-13-3-6-15(7-4-13)20(22,23)24/h3-8,10,16,26H,1-2,9,11-12H2,(H,25,27). The summed E-state index contributed by atoms with van der Waals surface area (Å²) in [6.07, 6.45) is -3.03. The number of nitrogens with one attached hydrogen (secondary N) is 2. The Morgan fingerprint density at radius 2 is 1.87 bits per heavy atom. The number of halogens is 4. The molecule has 2 aromatic rings. The molecule has 1 atom stereocenters. The smallest absolute Gasteiger partial charge is 0.377 e. The summed E-state index contributed by atoms with van der Waals surface area (Å²) in [5.41, 5.74) is -0.277. The molecule has 1 amide bonds. The van der Waals surface area contributed by atoms with E-state index < -0.39 is 27.7 Å². The quantitative estimate of drug-likeness (QED) is 0.637. The molecule has 0 spiro atoms. The zero-order valence-corrected chi connectivity index (χ0v) is 17.8. The zero-order chi connectivity index (χ0) is 22.6. The Balaban J connectivity index is 1.66. The molecule has 1 unspecified atom stereocenters. The molecule has 1 aliphatic rings. The minimum atomic E-state index is -4.44. The van der Waals surface area contributed by atoms with Gasteiger partial charge in [-0.15, -0.1) is 0 Å². The first-order valence-electron chi connectivity index (χ1n) is 9.41. The largest absolute Gasteiger partial charge is 0.416 e. The summed E-state index contributed by atoms with van der Waals surface area (Å²) in [7, 11) is -3.97. The van der Waals surface area contributed by atoms with Crippen molar-refractivity contribution in [3.63, 3.8) is 0 Å². The third-order valence-electron chi connectivity index (χ3n) is 4.74. The monoisotopic (exact) mass is 476 g/mol.